The van der Waals surface area contributed by atoms with Crippen molar-refractivity contribution in [3.05, 3.63) is 50.3 Å². The molecule has 0 aliphatic rings. The molecular weight excluding hydrogens is 342 g/mol. The molecule has 2 rings (SSSR count). The summed E-state index contributed by atoms with van der Waals surface area (Å²) in [6.07, 6.45) is 1.20. The molecule has 0 bridgehead atoms. The zero-order chi connectivity index (χ0) is 13.1. The van der Waals surface area contributed by atoms with Crippen molar-refractivity contribution in [2.45, 2.75) is 9.92 Å². The lowest BCUT2D eigenvalue weighted by Crippen LogP contribution is -1.96. The molecule has 1 aromatic heterocycles. The largest absolute Gasteiger partial charge is 0.338 e. The molecule has 5 nitrogen and oxygen atoms in total. The monoisotopic (exact) mass is 345 g/mol. The number of rotatable bonds is 3. The molecule has 0 N–H and O–H groups in total. The SMILES string of the molecule is O=[N+]([O-])c1c(Cl)ncnc1Sc1cccc(Br)c1. The number of halogens is 2. The van der Waals surface area contributed by atoms with Gasteiger partial charge in [0.15, 0.2) is 5.03 Å². The Morgan fingerprint density at radius 3 is 2.83 bits per heavy atom. The van der Waals surface area contributed by atoms with Crippen LogP contribution in [0.1, 0.15) is 0 Å². The lowest BCUT2D eigenvalue weighted by Gasteiger charge is -2.02. The van der Waals surface area contributed by atoms with Gasteiger partial charge in [-0.1, -0.05) is 45.4 Å². The molecule has 0 aliphatic heterocycles. The molecule has 0 amide bonds. The quantitative estimate of drug-likeness (QED) is 0.478. The summed E-state index contributed by atoms with van der Waals surface area (Å²) in [5.74, 6) is 0. The molecular formula is C10H5BrClN3O2S. The molecule has 2 aromatic rings. The number of hydrogen-bond acceptors (Lipinski definition) is 5. The van der Waals surface area contributed by atoms with E-state index >= 15 is 0 Å². The Bertz CT molecular complexity index is 611. The fourth-order valence-electron chi connectivity index (χ4n) is 1.21. The average molecular weight is 347 g/mol. The zero-order valence-corrected chi connectivity index (χ0v) is 11.9. The molecule has 0 saturated carbocycles. The molecule has 92 valence electrons. The molecule has 0 radical (unpaired) electrons. The van der Waals surface area contributed by atoms with Gasteiger partial charge in [-0.15, -0.1) is 0 Å². The van der Waals surface area contributed by atoms with E-state index < -0.39 is 4.92 Å². The Labute approximate surface area is 120 Å². The van der Waals surface area contributed by atoms with E-state index in [2.05, 4.69) is 25.9 Å². The highest BCUT2D eigenvalue weighted by Crippen LogP contribution is 2.36. The second-order valence-electron chi connectivity index (χ2n) is 3.13. The molecule has 0 saturated heterocycles. The highest BCUT2D eigenvalue weighted by Gasteiger charge is 2.22. The summed E-state index contributed by atoms with van der Waals surface area (Å²) in [6.45, 7) is 0. The average Bonchev–Trinajstić information content (AvgIpc) is 2.28. The van der Waals surface area contributed by atoms with Gasteiger partial charge in [-0.05, 0) is 18.2 Å². The molecule has 0 atom stereocenters. The minimum atomic E-state index is -0.581. The molecule has 0 spiro atoms. The van der Waals surface area contributed by atoms with Gasteiger partial charge in [0.1, 0.15) is 6.33 Å². The van der Waals surface area contributed by atoms with E-state index in [-0.39, 0.29) is 15.9 Å². The van der Waals surface area contributed by atoms with Gasteiger partial charge < -0.3 is 0 Å². The Kier molecular flexibility index (Phi) is 4.15. The number of benzene rings is 1. The Balaban J connectivity index is 2.40. The van der Waals surface area contributed by atoms with Gasteiger partial charge in [0.25, 0.3) is 0 Å². The number of nitro groups is 1. The van der Waals surface area contributed by atoms with Crippen LogP contribution in [0.5, 0.6) is 0 Å². The summed E-state index contributed by atoms with van der Waals surface area (Å²) < 4.78 is 0.885. The van der Waals surface area contributed by atoms with Crippen LogP contribution in [0.2, 0.25) is 5.15 Å². The van der Waals surface area contributed by atoms with E-state index in [1.54, 1.807) is 0 Å². The van der Waals surface area contributed by atoms with Gasteiger partial charge in [-0.2, -0.15) is 0 Å². The maximum absolute atomic E-state index is 10.9. The van der Waals surface area contributed by atoms with Gasteiger partial charge in [-0.25, -0.2) is 9.97 Å². The third-order valence-electron chi connectivity index (χ3n) is 1.94. The van der Waals surface area contributed by atoms with Crippen LogP contribution in [-0.4, -0.2) is 14.9 Å². The predicted octanol–water partition coefficient (Wildman–Crippen LogP) is 3.95. The van der Waals surface area contributed by atoms with Crippen LogP contribution in [-0.2, 0) is 0 Å². The van der Waals surface area contributed by atoms with Crippen molar-refractivity contribution in [1.29, 1.82) is 0 Å². The van der Waals surface area contributed by atoms with E-state index in [1.807, 2.05) is 24.3 Å². The first-order chi connectivity index (χ1) is 8.58. The minimum absolute atomic E-state index is 0.160. The first-order valence-corrected chi connectivity index (χ1v) is 6.65. The van der Waals surface area contributed by atoms with Crippen LogP contribution in [0.25, 0.3) is 0 Å². The van der Waals surface area contributed by atoms with E-state index in [0.29, 0.717) is 0 Å². The normalized spacial score (nSPS) is 10.3. The van der Waals surface area contributed by atoms with Crippen LogP contribution in [0.4, 0.5) is 5.69 Å². The van der Waals surface area contributed by atoms with Crippen LogP contribution in [0, 0.1) is 10.1 Å². The van der Waals surface area contributed by atoms with Crippen molar-refractivity contribution in [3.8, 4) is 0 Å². The number of aromatic nitrogens is 2. The summed E-state index contributed by atoms with van der Waals surface area (Å²) in [5.41, 5.74) is -0.274. The lowest BCUT2D eigenvalue weighted by molar-refractivity contribution is -0.388. The molecule has 0 fully saturated rings. The van der Waals surface area contributed by atoms with Crippen molar-refractivity contribution >= 4 is 45.0 Å². The summed E-state index contributed by atoms with van der Waals surface area (Å²) in [4.78, 5) is 18.7. The fraction of sp³-hybridized carbons (Fsp3) is 0. The molecule has 1 heterocycles. The second kappa shape index (κ2) is 5.64. The maximum atomic E-state index is 10.9. The third kappa shape index (κ3) is 2.98. The number of nitrogens with zero attached hydrogens (tertiary/aromatic N) is 3. The van der Waals surface area contributed by atoms with E-state index in [0.717, 1.165) is 21.1 Å². The smallest absolute Gasteiger partial charge is 0.258 e. The molecule has 1 aromatic carbocycles. The standard InChI is InChI=1S/C10H5BrClN3O2S/c11-6-2-1-3-7(4-6)18-10-8(15(16)17)9(12)13-5-14-10/h1-5H. The first-order valence-electron chi connectivity index (χ1n) is 4.66. The highest BCUT2D eigenvalue weighted by atomic mass is 79.9. The van der Waals surface area contributed by atoms with Crippen molar-refractivity contribution in [2.75, 3.05) is 0 Å². The topological polar surface area (TPSA) is 68.9 Å². The van der Waals surface area contributed by atoms with Gasteiger partial charge in [0.2, 0.25) is 5.15 Å². The lowest BCUT2D eigenvalue weighted by atomic mass is 10.4. The molecule has 18 heavy (non-hydrogen) atoms. The van der Waals surface area contributed by atoms with Crippen molar-refractivity contribution in [2.24, 2.45) is 0 Å². The Morgan fingerprint density at radius 1 is 1.39 bits per heavy atom. The third-order valence-corrected chi connectivity index (χ3v) is 3.69. The zero-order valence-electron chi connectivity index (χ0n) is 8.71. The summed E-state index contributed by atoms with van der Waals surface area (Å²) in [6, 6.07) is 7.37. The second-order valence-corrected chi connectivity index (χ2v) is 5.47. The van der Waals surface area contributed by atoms with E-state index in [4.69, 9.17) is 11.6 Å². The first kappa shape index (κ1) is 13.3. The van der Waals surface area contributed by atoms with Crippen LogP contribution in [0.15, 0.2) is 45.0 Å². The van der Waals surface area contributed by atoms with Crippen molar-refractivity contribution in [1.82, 2.24) is 9.97 Å². The summed E-state index contributed by atoms with van der Waals surface area (Å²) in [5, 5.41) is 11.0. The van der Waals surface area contributed by atoms with Gasteiger partial charge in [0.05, 0.1) is 4.92 Å². The van der Waals surface area contributed by atoms with Crippen molar-refractivity contribution in [3.63, 3.8) is 0 Å². The molecule has 0 aliphatic carbocycles. The Morgan fingerprint density at radius 2 is 2.17 bits per heavy atom. The fourth-order valence-corrected chi connectivity index (χ4v) is 2.95. The predicted molar refractivity (Wildman–Crippen MR) is 72.0 cm³/mol. The van der Waals surface area contributed by atoms with E-state index in [9.17, 15) is 10.1 Å². The van der Waals surface area contributed by atoms with Crippen LogP contribution in [0.3, 0.4) is 0 Å². The molecule has 8 heteroatoms. The van der Waals surface area contributed by atoms with Gasteiger partial charge in [-0.3, -0.25) is 10.1 Å². The Hall–Kier alpha value is -1.18. The summed E-state index contributed by atoms with van der Waals surface area (Å²) >= 11 is 10.2. The van der Waals surface area contributed by atoms with E-state index in [1.165, 1.54) is 6.33 Å². The van der Waals surface area contributed by atoms with Gasteiger partial charge in [0, 0.05) is 9.37 Å². The van der Waals surface area contributed by atoms with Gasteiger partial charge >= 0.3 is 5.69 Å². The minimum Gasteiger partial charge on any atom is -0.258 e. The van der Waals surface area contributed by atoms with Crippen LogP contribution < -0.4 is 0 Å². The van der Waals surface area contributed by atoms with Crippen molar-refractivity contribution < 1.29 is 4.92 Å². The maximum Gasteiger partial charge on any atom is 0.338 e. The van der Waals surface area contributed by atoms with Crippen LogP contribution >= 0.6 is 39.3 Å². The summed E-state index contributed by atoms with van der Waals surface area (Å²) in [7, 11) is 0. The number of hydrogen-bond donors (Lipinski definition) is 0. The molecule has 0 unspecified atom stereocenters. The highest BCUT2D eigenvalue weighted by molar-refractivity contribution is 9.10.